The van der Waals surface area contributed by atoms with Crippen molar-refractivity contribution in [3.63, 3.8) is 0 Å². The van der Waals surface area contributed by atoms with E-state index in [2.05, 4.69) is 10.3 Å². The summed E-state index contributed by atoms with van der Waals surface area (Å²) in [5, 5.41) is 17.8. The van der Waals surface area contributed by atoms with Crippen molar-refractivity contribution in [3.05, 3.63) is 42.0 Å². The quantitative estimate of drug-likeness (QED) is 0.638. The number of carbonyl (C=O) groups is 1. The summed E-state index contributed by atoms with van der Waals surface area (Å²) >= 11 is 0. The van der Waals surface area contributed by atoms with Gasteiger partial charge in [-0.1, -0.05) is 24.3 Å². The molecule has 0 radical (unpaired) electrons. The molecule has 3 atom stereocenters. The molecule has 1 aromatic heterocycles. The molecule has 12 heteroatoms. The van der Waals surface area contributed by atoms with Gasteiger partial charge in [-0.05, 0) is 25.5 Å². The molecule has 2 heterocycles. The second-order valence-electron chi connectivity index (χ2n) is 8.70. The summed E-state index contributed by atoms with van der Waals surface area (Å²) in [5.74, 6) is -1.24. The Hall–Kier alpha value is -2.41. The van der Waals surface area contributed by atoms with Crippen molar-refractivity contribution in [2.45, 2.75) is 56.9 Å². The number of aliphatic hydroxyl groups excluding tert-OH is 1. The number of carbonyl (C=O) groups excluding carboxylic acids is 1. The summed E-state index contributed by atoms with van der Waals surface area (Å²) < 4.78 is 49.1. The Labute approximate surface area is 199 Å². The standard InChI is InChI=1S/C22H32FN5O5S/c1-16-11-28(17(2)14-29)22(30)9-6-10-27-12-18(24-25-27)15-33-20(16)13-26(3)34(31,32)21-8-5-4-7-19(21)23/h4-5,7-8,12,16-17,20,29H,6,9-11,13-15H2,1-3H3/t16-,17+,20-/m0/s1. The van der Waals surface area contributed by atoms with E-state index in [4.69, 9.17) is 4.74 Å². The molecule has 0 saturated heterocycles. The number of sulfonamides is 1. The number of benzene rings is 1. The minimum atomic E-state index is -4.11. The van der Waals surface area contributed by atoms with E-state index in [-0.39, 0.29) is 44.5 Å². The van der Waals surface area contributed by atoms with Crippen LogP contribution in [0.5, 0.6) is 0 Å². The lowest BCUT2D eigenvalue weighted by molar-refractivity contribution is -0.136. The molecular weight excluding hydrogens is 465 g/mol. The van der Waals surface area contributed by atoms with Gasteiger partial charge in [-0.3, -0.25) is 9.48 Å². The highest BCUT2D eigenvalue weighted by molar-refractivity contribution is 7.89. The molecule has 0 spiro atoms. The van der Waals surface area contributed by atoms with Crippen LogP contribution in [0.4, 0.5) is 4.39 Å². The molecule has 10 nitrogen and oxygen atoms in total. The fourth-order valence-electron chi connectivity index (χ4n) is 3.87. The number of likely N-dealkylation sites (N-methyl/N-ethyl adjacent to an activating group) is 1. The molecule has 34 heavy (non-hydrogen) atoms. The van der Waals surface area contributed by atoms with E-state index in [0.717, 1.165) is 10.4 Å². The zero-order chi connectivity index (χ0) is 24.9. The molecule has 1 aliphatic rings. The molecule has 0 aliphatic carbocycles. The summed E-state index contributed by atoms with van der Waals surface area (Å²) in [6.45, 7) is 4.24. The van der Waals surface area contributed by atoms with Gasteiger partial charge in [0.2, 0.25) is 15.9 Å². The molecule has 1 N–H and O–H groups in total. The molecule has 0 fully saturated rings. The summed E-state index contributed by atoms with van der Waals surface area (Å²) in [4.78, 5) is 14.1. The van der Waals surface area contributed by atoms with Gasteiger partial charge < -0.3 is 14.7 Å². The number of hydrogen-bond acceptors (Lipinski definition) is 7. The average molecular weight is 498 g/mol. The topological polar surface area (TPSA) is 118 Å². The van der Waals surface area contributed by atoms with Crippen molar-refractivity contribution in [1.82, 2.24) is 24.2 Å². The van der Waals surface area contributed by atoms with Crippen LogP contribution in [0.1, 0.15) is 32.4 Å². The first-order chi connectivity index (χ1) is 16.1. The lowest BCUT2D eigenvalue weighted by Crippen LogP contribution is -2.47. The van der Waals surface area contributed by atoms with E-state index in [9.17, 15) is 22.7 Å². The van der Waals surface area contributed by atoms with Gasteiger partial charge in [0.25, 0.3) is 0 Å². The van der Waals surface area contributed by atoms with Gasteiger partial charge in [-0.2, -0.15) is 4.31 Å². The summed E-state index contributed by atoms with van der Waals surface area (Å²) in [6, 6.07) is 4.80. The zero-order valence-corrected chi connectivity index (χ0v) is 20.5. The number of aliphatic hydroxyl groups is 1. The molecule has 0 saturated carbocycles. The number of fused-ring (bicyclic) bond motifs is 2. The van der Waals surface area contributed by atoms with Crippen LogP contribution in [0.2, 0.25) is 0 Å². The van der Waals surface area contributed by atoms with Crippen LogP contribution in [0, 0.1) is 11.7 Å². The second-order valence-corrected chi connectivity index (χ2v) is 10.7. The maximum Gasteiger partial charge on any atom is 0.245 e. The lowest BCUT2D eigenvalue weighted by atomic mass is 10.0. The number of aromatic nitrogens is 3. The van der Waals surface area contributed by atoms with Gasteiger partial charge in [-0.15, -0.1) is 5.10 Å². The Balaban J connectivity index is 1.87. The van der Waals surface area contributed by atoms with Gasteiger partial charge >= 0.3 is 0 Å². The number of nitrogens with zero attached hydrogens (tertiary/aromatic N) is 5. The predicted molar refractivity (Wildman–Crippen MR) is 121 cm³/mol. The molecule has 3 rings (SSSR count). The Kier molecular flexibility index (Phi) is 8.74. The van der Waals surface area contributed by atoms with Crippen LogP contribution in [0.3, 0.4) is 0 Å². The van der Waals surface area contributed by atoms with Crippen LogP contribution in [-0.4, -0.2) is 82.5 Å². The van der Waals surface area contributed by atoms with Crippen LogP contribution in [0.15, 0.2) is 35.4 Å². The van der Waals surface area contributed by atoms with Crippen LogP contribution in [0.25, 0.3) is 0 Å². The number of ether oxygens (including phenoxy) is 1. The van der Waals surface area contributed by atoms with Crippen LogP contribution < -0.4 is 0 Å². The molecule has 1 aromatic carbocycles. The van der Waals surface area contributed by atoms with Gasteiger partial charge in [-0.25, -0.2) is 12.8 Å². The second kappa shape index (κ2) is 11.3. The molecular formula is C22H32FN5O5S. The Morgan fingerprint density at radius 2 is 2.09 bits per heavy atom. The van der Waals surface area contributed by atoms with Crippen molar-refractivity contribution < 1.29 is 27.4 Å². The number of hydrogen-bond donors (Lipinski definition) is 1. The van der Waals surface area contributed by atoms with Crippen molar-refractivity contribution in [2.75, 3.05) is 26.7 Å². The highest BCUT2D eigenvalue weighted by atomic mass is 32.2. The summed E-state index contributed by atoms with van der Waals surface area (Å²) in [5.41, 5.74) is 0.586. The molecule has 1 aliphatic heterocycles. The number of halogens is 1. The van der Waals surface area contributed by atoms with E-state index in [1.807, 2.05) is 6.92 Å². The SMILES string of the molecule is C[C@H](CO)N1C[C@H](C)[C@H](CN(C)S(=O)(=O)c2ccccc2F)OCc2cn(nn2)CCCC1=O. The van der Waals surface area contributed by atoms with Gasteiger partial charge in [0, 0.05) is 39.0 Å². The van der Waals surface area contributed by atoms with Crippen LogP contribution >= 0.6 is 0 Å². The number of aryl methyl sites for hydroxylation is 1. The predicted octanol–water partition coefficient (Wildman–Crippen LogP) is 1.26. The van der Waals surface area contributed by atoms with Crippen molar-refractivity contribution in [1.29, 1.82) is 0 Å². The highest BCUT2D eigenvalue weighted by Gasteiger charge is 2.32. The monoisotopic (exact) mass is 497 g/mol. The summed E-state index contributed by atoms with van der Waals surface area (Å²) in [6.07, 6.45) is 1.94. The number of rotatable bonds is 6. The van der Waals surface area contributed by atoms with E-state index in [1.54, 1.807) is 22.7 Å². The van der Waals surface area contributed by atoms with E-state index >= 15 is 0 Å². The molecule has 1 amide bonds. The molecule has 2 aromatic rings. The smallest absolute Gasteiger partial charge is 0.245 e. The maximum atomic E-state index is 14.2. The van der Waals surface area contributed by atoms with Gasteiger partial charge in [0.1, 0.15) is 16.4 Å². The third-order valence-corrected chi connectivity index (χ3v) is 7.86. The Morgan fingerprint density at radius 1 is 1.35 bits per heavy atom. The minimum absolute atomic E-state index is 0.0679. The fraction of sp³-hybridized carbons (Fsp3) is 0.591. The first kappa shape index (κ1) is 26.2. The Bertz CT molecular complexity index is 1080. The Morgan fingerprint density at radius 3 is 2.79 bits per heavy atom. The number of amides is 1. The maximum absolute atomic E-state index is 14.2. The van der Waals surface area contributed by atoms with Crippen LogP contribution in [-0.2, 0) is 32.7 Å². The van der Waals surface area contributed by atoms with E-state index in [1.165, 1.54) is 25.2 Å². The van der Waals surface area contributed by atoms with Gasteiger partial charge in [0.15, 0.2) is 0 Å². The lowest BCUT2D eigenvalue weighted by Gasteiger charge is -2.35. The highest BCUT2D eigenvalue weighted by Crippen LogP contribution is 2.22. The molecule has 188 valence electrons. The minimum Gasteiger partial charge on any atom is -0.394 e. The molecule has 2 bridgehead atoms. The van der Waals surface area contributed by atoms with E-state index in [0.29, 0.717) is 18.7 Å². The van der Waals surface area contributed by atoms with Gasteiger partial charge in [0.05, 0.1) is 31.6 Å². The van der Waals surface area contributed by atoms with Crippen molar-refractivity contribution >= 4 is 15.9 Å². The van der Waals surface area contributed by atoms with Crippen molar-refractivity contribution in [3.8, 4) is 0 Å². The molecule has 0 unspecified atom stereocenters. The zero-order valence-electron chi connectivity index (χ0n) is 19.7. The first-order valence-electron chi connectivity index (χ1n) is 11.2. The largest absolute Gasteiger partial charge is 0.394 e. The first-order valence-corrected chi connectivity index (χ1v) is 12.7. The average Bonchev–Trinajstić information content (AvgIpc) is 3.26. The van der Waals surface area contributed by atoms with E-state index < -0.39 is 32.9 Å². The third-order valence-electron chi connectivity index (χ3n) is 6.01. The fourth-order valence-corrected chi connectivity index (χ4v) is 5.11. The normalized spacial score (nSPS) is 21.6. The third kappa shape index (κ3) is 6.17. The van der Waals surface area contributed by atoms with Crippen molar-refractivity contribution in [2.24, 2.45) is 5.92 Å². The summed E-state index contributed by atoms with van der Waals surface area (Å²) in [7, 11) is -2.74.